The van der Waals surface area contributed by atoms with Crippen LogP contribution in [0, 0.1) is 11.3 Å². The van der Waals surface area contributed by atoms with Gasteiger partial charge in [-0.3, -0.25) is 5.10 Å². The Hall–Kier alpha value is -2.28. The van der Waals surface area contributed by atoms with Gasteiger partial charge in [0.15, 0.2) is 0 Å². The van der Waals surface area contributed by atoms with E-state index in [4.69, 9.17) is 5.26 Å². The maximum Gasteiger partial charge on any atom is 0.0766 e. The van der Waals surface area contributed by atoms with Gasteiger partial charge in [-0.05, 0) is 44.5 Å². The lowest BCUT2D eigenvalue weighted by Crippen LogP contribution is -2.14. The van der Waals surface area contributed by atoms with Crippen LogP contribution in [0.25, 0.3) is 0 Å². The van der Waals surface area contributed by atoms with Gasteiger partial charge in [-0.1, -0.05) is 12.1 Å². The number of hydrogen-bond acceptors (Lipinski definition) is 3. The highest BCUT2D eigenvalue weighted by molar-refractivity contribution is 5.48. The molecule has 4 heteroatoms. The first-order valence-electron chi connectivity index (χ1n) is 6.30. The molecule has 0 amide bonds. The Bertz CT molecular complexity index is 561. The highest BCUT2D eigenvalue weighted by Gasteiger charge is 2.19. The number of H-pyrrole nitrogens is 1. The van der Waals surface area contributed by atoms with Crippen LogP contribution < -0.4 is 5.32 Å². The zero-order valence-electron chi connectivity index (χ0n) is 11.4. The molecule has 1 aromatic carbocycles. The molecule has 0 aliphatic rings. The van der Waals surface area contributed by atoms with Gasteiger partial charge in [-0.25, -0.2) is 0 Å². The average Bonchev–Trinajstić information content (AvgIpc) is 2.93. The first-order valence-corrected chi connectivity index (χ1v) is 6.30. The van der Waals surface area contributed by atoms with Gasteiger partial charge in [0.05, 0.1) is 23.2 Å². The van der Waals surface area contributed by atoms with E-state index < -0.39 is 5.41 Å². The van der Waals surface area contributed by atoms with E-state index in [9.17, 15) is 0 Å². The zero-order chi connectivity index (χ0) is 13.9. The number of nitrogens with one attached hydrogen (secondary N) is 2. The topological polar surface area (TPSA) is 64.5 Å². The Morgan fingerprint density at radius 2 is 1.95 bits per heavy atom. The number of anilines is 1. The van der Waals surface area contributed by atoms with Gasteiger partial charge in [0.2, 0.25) is 0 Å². The van der Waals surface area contributed by atoms with E-state index in [0.717, 1.165) is 16.9 Å². The fourth-order valence-electron chi connectivity index (χ4n) is 1.88. The summed E-state index contributed by atoms with van der Waals surface area (Å²) in [5, 5.41) is 19.4. The van der Waals surface area contributed by atoms with E-state index in [2.05, 4.69) is 28.5 Å². The molecule has 1 unspecified atom stereocenters. The van der Waals surface area contributed by atoms with Gasteiger partial charge >= 0.3 is 0 Å². The van der Waals surface area contributed by atoms with Crippen molar-refractivity contribution in [3.63, 3.8) is 0 Å². The lowest BCUT2D eigenvalue weighted by Gasteiger charge is -2.18. The Kier molecular flexibility index (Phi) is 3.57. The molecule has 0 fully saturated rings. The second kappa shape index (κ2) is 5.15. The first-order chi connectivity index (χ1) is 9.03. The van der Waals surface area contributed by atoms with Gasteiger partial charge in [-0.15, -0.1) is 0 Å². The van der Waals surface area contributed by atoms with Crippen molar-refractivity contribution < 1.29 is 0 Å². The SMILES string of the molecule is CC(Nc1ccc(C(C)(C)C#N)cc1)c1ccn[nH]1. The molecule has 2 N–H and O–H groups in total. The lowest BCUT2D eigenvalue weighted by atomic mass is 9.86. The number of nitriles is 1. The molecular formula is C15H18N4. The van der Waals surface area contributed by atoms with Crippen molar-refractivity contribution >= 4 is 5.69 Å². The highest BCUT2D eigenvalue weighted by atomic mass is 15.1. The molecule has 0 aliphatic carbocycles. The molecule has 1 heterocycles. The van der Waals surface area contributed by atoms with Crippen molar-refractivity contribution in [2.75, 3.05) is 5.32 Å². The van der Waals surface area contributed by atoms with Crippen molar-refractivity contribution in [3.05, 3.63) is 47.8 Å². The van der Waals surface area contributed by atoms with Gasteiger partial charge in [0.1, 0.15) is 0 Å². The van der Waals surface area contributed by atoms with Crippen LogP contribution in [-0.4, -0.2) is 10.2 Å². The molecule has 0 radical (unpaired) electrons. The van der Waals surface area contributed by atoms with Crippen molar-refractivity contribution in [1.82, 2.24) is 10.2 Å². The van der Waals surface area contributed by atoms with Crippen molar-refractivity contribution in [3.8, 4) is 6.07 Å². The van der Waals surface area contributed by atoms with Crippen LogP contribution >= 0.6 is 0 Å². The molecule has 2 rings (SSSR count). The maximum atomic E-state index is 9.11. The molecule has 0 aliphatic heterocycles. The number of nitrogens with zero attached hydrogens (tertiary/aromatic N) is 2. The summed E-state index contributed by atoms with van der Waals surface area (Å²) in [5.41, 5.74) is 2.64. The molecule has 0 bridgehead atoms. The summed E-state index contributed by atoms with van der Waals surface area (Å²) in [4.78, 5) is 0. The van der Waals surface area contributed by atoms with E-state index in [-0.39, 0.29) is 6.04 Å². The standard InChI is InChI=1S/C15H18N4/c1-11(14-8-9-17-19-14)18-13-6-4-12(5-7-13)15(2,3)10-16/h4-9,11,18H,1-3H3,(H,17,19). The molecule has 2 aromatic rings. The van der Waals surface area contributed by atoms with Crippen LogP contribution in [0.2, 0.25) is 0 Å². The van der Waals surface area contributed by atoms with Gasteiger partial charge < -0.3 is 5.32 Å². The number of aromatic nitrogens is 2. The molecule has 1 atom stereocenters. The number of rotatable bonds is 4. The molecule has 0 saturated carbocycles. The summed E-state index contributed by atoms with van der Waals surface area (Å²) in [6.07, 6.45) is 1.74. The van der Waals surface area contributed by atoms with Gasteiger partial charge in [-0.2, -0.15) is 10.4 Å². The Morgan fingerprint density at radius 1 is 1.26 bits per heavy atom. The fourth-order valence-corrected chi connectivity index (χ4v) is 1.88. The minimum absolute atomic E-state index is 0.164. The monoisotopic (exact) mass is 254 g/mol. The van der Waals surface area contributed by atoms with Crippen molar-refractivity contribution in [1.29, 1.82) is 5.26 Å². The predicted molar refractivity (Wildman–Crippen MR) is 75.7 cm³/mol. The van der Waals surface area contributed by atoms with Crippen LogP contribution in [0.5, 0.6) is 0 Å². The van der Waals surface area contributed by atoms with Crippen molar-refractivity contribution in [2.24, 2.45) is 0 Å². The van der Waals surface area contributed by atoms with Crippen LogP contribution in [-0.2, 0) is 5.41 Å². The minimum Gasteiger partial charge on any atom is -0.377 e. The molecule has 0 spiro atoms. The molecule has 1 aromatic heterocycles. The Balaban J connectivity index is 2.10. The average molecular weight is 254 g/mol. The fraction of sp³-hybridized carbons (Fsp3) is 0.333. The Morgan fingerprint density at radius 3 is 2.47 bits per heavy atom. The zero-order valence-corrected chi connectivity index (χ0v) is 11.4. The third-order valence-electron chi connectivity index (χ3n) is 3.26. The van der Waals surface area contributed by atoms with Crippen LogP contribution in [0.1, 0.15) is 38.1 Å². The lowest BCUT2D eigenvalue weighted by molar-refractivity contribution is 0.687. The van der Waals surface area contributed by atoms with E-state index in [1.807, 2.05) is 44.2 Å². The highest BCUT2D eigenvalue weighted by Crippen LogP contribution is 2.25. The molecule has 19 heavy (non-hydrogen) atoms. The quantitative estimate of drug-likeness (QED) is 0.879. The summed E-state index contributed by atoms with van der Waals surface area (Å²) in [6.45, 7) is 5.91. The molecule has 98 valence electrons. The summed E-state index contributed by atoms with van der Waals surface area (Å²) < 4.78 is 0. The molecule has 4 nitrogen and oxygen atoms in total. The predicted octanol–water partition coefficient (Wildman–Crippen LogP) is 3.38. The largest absolute Gasteiger partial charge is 0.377 e. The normalized spacial score (nSPS) is 12.7. The van der Waals surface area contributed by atoms with E-state index in [0.29, 0.717) is 0 Å². The van der Waals surface area contributed by atoms with Crippen LogP contribution in [0.4, 0.5) is 5.69 Å². The van der Waals surface area contributed by atoms with Crippen LogP contribution in [0.3, 0.4) is 0 Å². The van der Waals surface area contributed by atoms with Gasteiger partial charge in [0.25, 0.3) is 0 Å². The maximum absolute atomic E-state index is 9.11. The second-order valence-electron chi connectivity index (χ2n) is 5.19. The third-order valence-corrected chi connectivity index (χ3v) is 3.26. The van der Waals surface area contributed by atoms with Crippen molar-refractivity contribution in [2.45, 2.75) is 32.2 Å². The summed E-state index contributed by atoms with van der Waals surface area (Å²) in [7, 11) is 0. The summed E-state index contributed by atoms with van der Waals surface area (Å²) >= 11 is 0. The summed E-state index contributed by atoms with van der Waals surface area (Å²) in [5.74, 6) is 0. The number of hydrogen-bond donors (Lipinski definition) is 2. The van der Waals surface area contributed by atoms with E-state index in [1.165, 1.54) is 0 Å². The van der Waals surface area contributed by atoms with E-state index >= 15 is 0 Å². The summed E-state index contributed by atoms with van der Waals surface area (Å²) in [6, 6.07) is 12.4. The molecular weight excluding hydrogens is 236 g/mol. The van der Waals surface area contributed by atoms with Crippen LogP contribution in [0.15, 0.2) is 36.5 Å². The minimum atomic E-state index is -0.451. The van der Waals surface area contributed by atoms with Gasteiger partial charge in [0, 0.05) is 11.9 Å². The third kappa shape index (κ3) is 2.94. The van der Waals surface area contributed by atoms with E-state index in [1.54, 1.807) is 6.20 Å². The smallest absolute Gasteiger partial charge is 0.0766 e. The number of benzene rings is 1. The number of aromatic amines is 1. The molecule has 0 saturated heterocycles. The Labute approximate surface area is 113 Å². The first kappa shape index (κ1) is 13.2. The second-order valence-corrected chi connectivity index (χ2v) is 5.19.